The summed E-state index contributed by atoms with van der Waals surface area (Å²) in [6, 6.07) is 7.06. The number of amides is 1. The molecule has 1 aromatic carbocycles. The Kier molecular flexibility index (Phi) is 4.85. The van der Waals surface area contributed by atoms with Crippen molar-refractivity contribution < 1.29 is 19.1 Å². The van der Waals surface area contributed by atoms with Crippen molar-refractivity contribution in [2.45, 2.75) is 19.9 Å². The fourth-order valence-electron chi connectivity index (χ4n) is 2.73. The van der Waals surface area contributed by atoms with Gasteiger partial charge in [0, 0.05) is 24.0 Å². The summed E-state index contributed by atoms with van der Waals surface area (Å²) in [4.78, 5) is 27.3. The van der Waals surface area contributed by atoms with Crippen molar-refractivity contribution in [2.24, 2.45) is 0 Å². The molecule has 1 aliphatic rings. The number of hydrogen-bond donors (Lipinski definition) is 0. The van der Waals surface area contributed by atoms with E-state index >= 15 is 0 Å². The molecule has 5 nitrogen and oxygen atoms in total. The molecular weight excluding hydrogens is 326 g/mol. The third-order valence-corrected chi connectivity index (χ3v) is 5.10. The first-order valence-electron chi connectivity index (χ1n) is 7.73. The van der Waals surface area contributed by atoms with Crippen molar-refractivity contribution in [3.05, 3.63) is 45.6 Å². The van der Waals surface area contributed by atoms with Crippen LogP contribution < -0.4 is 9.47 Å². The van der Waals surface area contributed by atoms with Crippen LogP contribution in [0.25, 0.3) is 0 Å². The number of rotatable bonds is 5. The zero-order chi connectivity index (χ0) is 17.1. The van der Waals surface area contributed by atoms with Crippen LogP contribution in [0.15, 0.2) is 29.6 Å². The van der Waals surface area contributed by atoms with E-state index in [9.17, 15) is 9.59 Å². The van der Waals surface area contributed by atoms with Crippen molar-refractivity contribution in [3.63, 3.8) is 0 Å². The van der Waals surface area contributed by atoms with Gasteiger partial charge in [0.1, 0.15) is 11.5 Å². The van der Waals surface area contributed by atoms with E-state index < -0.39 is 0 Å². The van der Waals surface area contributed by atoms with Gasteiger partial charge in [-0.1, -0.05) is 0 Å². The van der Waals surface area contributed by atoms with E-state index in [0.717, 1.165) is 6.42 Å². The van der Waals surface area contributed by atoms with E-state index in [1.165, 1.54) is 17.4 Å². The minimum atomic E-state index is -0.110. The lowest BCUT2D eigenvalue weighted by Crippen LogP contribution is -2.38. The van der Waals surface area contributed by atoms with Crippen molar-refractivity contribution in [2.75, 3.05) is 20.3 Å². The van der Waals surface area contributed by atoms with Crippen molar-refractivity contribution in [1.29, 1.82) is 0 Å². The number of benzene rings is 1. The van der Waals surface area contributed by atoms with Gasteiger partial charge in [-0.3, -0.25) is 9.59 Å². The number of thiophene rings is 1. The minimum absolute atomic E-state index is 0.0795. The number of nitrogens with zero attached hydrogens (tertiary/aromatic N) is 1. The van der Waals surface area contributed by atoms with Crippen LogP contribution in [0, 0.1) is 0 Å². The van der Waals surface area contributed by atoms with Gasteiger partial charge in [0.25, 0.3) is 5.91 Å². The maximum atomic E-state index is 12.4. The van der Waals surface area contributed by atoms with Crippen molar-refractivity contribution in [3.8, 4) is 11.5 Å². The fourth-order valence-corrected chi connectivity index (χ4v) is 3.62. The third-order valence-electron chi connectivity index (χ3n) is 4.08. The Labute approximate surface area is 144 Å². The molecule has 1 amide bonds. The summed E-state index contributed by atoms with van der Waals surface area (Å²) in [6.07, 6.45) is 0.886. The van der Waals surface area contributed by atoms with Crippen LogP contribution in [-0.2, 0) is 17.8 Å². The summed E-state index contributed by atoms with van der Waals surface area (Å²) in [5.74, 6) is 0.775. The van der Waals surface area contributed by atoms with Gasteiger partial charge in [-0.25, -0.2) is 0 Å². The molecule has 126 valence electrons. The summed E-state index contributed by atoms with van der Waals surface area (Å²) >= 11 is 1.74. The molecule has 0 bridgehead atoms. The van der Waals surface area contributed by atoms with Gasteiger partial charge in [0.15, 0.2) is 12.4 Å². The van der Waals surface area contributed by atoms with Gasteiger partial charge >= 0.3 is 0 Å². The molecule has 0 fully saturated rings. The van der Waals surface area contributed by atoms with Crippen molar-refractivity contribution in [1.82, 2.24) is 4.90 Å². The maximum Gasteiger partial charge on any atom is 0.260 e. The third kappa shape index (κ3) is 3.43. The number of ketones is 1. The van der Waals surface area contributed by atoms with Crippen LogP contribution >= 0.6 is 11.3 Å². The van der Waals surface area contributed by atoms with Crippen LogP contribution in [0.3, 0.4) is 0 Å². The van der Waals surface area contributed by atoms with E-state index in [2.05, 4.69) is 11.4 Å². The average molecular weight is 345 g/mol. The molecule has 24 heavy (non-hydrogen) atoms. The monoisotopic (exact) mass is 345 g/mol. The highest BCUT2D eigenvalue weighted by Gasteiger charge is 2.22. The first-order valence-corrected chi connectivity index (χ1v) is 8.61. The van der Waals surface area contributed by atoms with Crippen LogP contribution in [0.5, 0.6) is 11.5 Å². The van der Waals surface area contributed by atoms with E-state index in [0.29, 0.717) is 30.2 Å². The van der Waals surface area contributed by atoms with Crippen LogP contribution in [-0.4, -0.2) is 36.9 Å². The fraction of sp³-hybridized carbons (Fsp3) is 0.333. The van der Waals surface area contributed by atoms with Crippen molar-refractivity contribution >= 4 is 23.0 Å². The predicted octanol–water partition coefficient (Wildman–Crippen LogP) is 2.92. The van der Waals surface area contributed by atoms with Crippen LogP contribution in [0.2, 0.25) is 0 Å². The molecule has 0 unspecified atom stereocenters. The first kappa shape index (κ1) is 16.5. The summed E-state index contributed by atoms with van der Waals surface area (Å²) in [5, 5.41) is 2.06. The Bertz CT molecular complexity index is 768. The molecule has 0 radical (unpaired) electrons. The second kappa shape index (κ2) is 7.05. The standard InChI is InChI=1S/C18H19NO4S/c1-12(20)15-4-3-14(22-2)9-16(15)23-11-18(21)19-7-5-17-13(10-19)6-8-24-17/h3-4,6,8-9H,5,7,10-11H2,1-2H3. The minimum Gasteiger partial charge on any atom is -0.497 e. The van der Waals surface area contributed by atoms with E-state index in [-0.39, 0.29) is 18.3 Å². The Hall–Kier alpha value is -2.34. The summed E-state index contributed by atoms with van der Waals surface area (Å²) in [6.45, 7) is 2.71. The largest absolute Gasteiger partial charge is 0.497 e. The zero-order valence-electron chi connectivity index (χ0n) is 13.7. The van der Waals surface area contributed by atoms with Crippen LogP contribution in [0.4, 0.5) is 0 Å². The number of fused-ring (bicyclic) bond motifs is 1. The summed E-state index contributed by atoms with van der Waals surface area (Å²) in [5.41, 5.74) is 1.66. The Morgan fingerprint density at radius 3 is 2.88 bits per heavy atom. The lowest BCUT2D eigenvalue weighted by Gasteiger charge is -2.27. The molecule has 0 saturated heterocycles. The number of ether oxygens (including phenoxy) is 2. The summed E-state index contributed by atoms with van der Waals surface area (Å²) in [7, 11) is 1.55. The molecule has 3 rings (SSSR count). The van der Waals surface area contributed by atoms with Gasteiger partial charge in [-0.2, -0.15) is 0 Å². The SMILES string of the molecule is COc1ccc(C(C)=O)c(OCC(=O)N2CCc3sccc3C2)c1. The highest BCUT2D eigenvalue weighted by molar-refractivity contribution is 7.10. The van der Waals surface area contributed by atoms with E-state index in [1.807, 2.05) is 0 Å². The molecule has 0 atom stereocenters. The normalized spacial score (nSPS) is 13.3. The van der Waals surface area contributed by atoms with E-state index in [1.54, 1.807) is 41.5 Å². The van der Waals surface area contributed by atoms with Gasteiger partial charge in [0.05, 0.1) is 12.7 Å². The first-order chi connectivity index (χ1) is 11.6. The molecule has 2 heterocycles. The number of methoxy groups -OCH3 is 1. The molecule has 1 aliphatic heterocycles. The molecular formula is C18H19NO4S. The molecule has 1 aromatic heterocycles. The van der Waals surface area contributed by atoms with Gasteiger partial charge in [-0.05, 0) is 42.5 Å². The Morgan fingerprint density at radius 1 is 1.29 bits per heavy atom. The number of carbonyl (C=O) groups excluding carboxylic acids is 2. The maximum absolute atomic E-state index is 12.4. The molecule has 0 spiro atoms. The summed E-state index contributed by atoms with van der Waals surface area (Å²) < 4.78 is 10.8. The average Bonchev–Trinajstić information content (AvgIpc) is 3.06. The molecule has 2 aromatic rings. The lowest BCUT2D eigenvalue weighted by atomic mass is 10.1. The van der Waals surface area contributed by atoms with E-state index in [4.69, 9.17) is 9.47 Å². The smallest absolute Gasteiger partial charge is 0.260 e. The predicted molar refractivity (Wildman–Crippen MR) is 91.9 cm³/mol. The molecule has 0 aliphatic carbocycles. The second-order valence-electron chi connectivity index (χ2n) is 5.64. The number of carbonyl (C=O) groups is 2. The lowest BCUT2D eigenvalue weighted by molar-refractivity contribution is -0.134. The number of Topliss-reactive ketones (excluding diaryl/α,β-unsaturated/α-hetero) is 1. The van der Waals surface area contributed by atoms with Gasteiger partial charge < -0.3 is 14.4 Å². The molecule has 0 N–H and O–H groups in total. The topological polar surface area (TPSA) is 55.8 Å². The highest BCUT2D eigenvalue weighted by atomic mass is 32.1. The quantitative estimate of drug-likeness (QED) is 0.782. The van der Waals surface area contributed by atoms with Gasteiger partial charge in [-0.15, -0.1) is 11.3 Å². The zero-order valence-corrected chi connectivity index (χ0v) is 14.5. The van der Waals surface area contributed by atoms with Gasteiger partial charge in [0.2, 0.25) is 0 Å². The Morgan fingerprint density at radius 2 is 2.12 bits per heavy atom. The number of hydrogen-bond acceptors (Lipinski definition) is 5. The highest BCUT2D eigenvalue weighted by Crippen LogP contribution is 2.26. The molecule has 0 saturated carbocycles. The molecule has 6 heteroatoms. The van der Waals surface area contributed by atoms with Crippen LogP contribution in [0.1, 0.15) is 27.7 Å². The Balaban J connectivity index is 1.67. The second-order valence-corrected chi connectivity index (χ2v) is 6.64.